The summed E-state index contributed by atoms with van der Waals surface area (Å²) >= 11 is 5.94. The lowest BCUT2D eigenvalue weighted by Gasteiger charge is -2.30. The summed E-state index contributed by atoms with van der Waals surface area (Å²) in [5.74, 6) is 1.27. The van der Waals surface area contributed by atoms with Crippen LogP contribution in [0.2, 0.25) is 5.15 Å². The third-order valence-electron chi connectivity index (χ3n) is 2.87. The highest BCUT2D eigenvalue weighted by Gasteiger charge is 2.17. The Kier molecular flexibility index (Phi) is 5.33. The first-order valence-electron chi connectivity index (χ1n) is 6.24. The molecular weight excluding hydrogens is 268 g/mol. The highest BCUT2D eigenvalue weighted by molar-refractivity contribution is 6.29. The van der Waals surface area contributed by atoms with Crippen LogP contribution in [0.15, 0.2) is 6.07 Å². The van der Waals surface area contributed by atoms with Gasteiger partial charge in [0.1, 0.15) is 17.6 Å². The standard InChI is InChI=1S/C12H19ClN4O2/c1-17-3-4-19-9(7-17)6-14-11-5-10(13)15-12(16-11)8-18-2/h5,9H,3-4,6-8H2,1-2H3,(H,14,15,16). The summed E-state index contributed by atoms with van der Waals surface area (Å²) in [5, 5.41) is 3.64. The van der Waals surface area contributed by atoms with Crippen LogP contribution in [0, 0.1) is 0 Å². The molecule has 19 heavy (non-hydrogen) atoms. The minimum absolute atomic E-state index is 0.165. The Morgan fingerprint density at radius 3 is 3.16 bits per heavy atom. The van der Waals surface area contributed by atoms with E-state index in [1.165, 1.54) is 0 Å². The van der Waals surface area contributed by atoms with Crippen LogP contribution in [0.25, 0.3) is 0 Å². The molecule has 0 saturated carbocycles. The SMILES string of the molecule is COCc1nc(Cl)cc(NCC2CN(C)CCO2)n1. The quantitative estimate of drug-likeness (QED) is 0.816. The summed E-state index contributed by atoms with van der Waals surface area (Å²) in [6.07, 6.45) is 0.165. The van der Waals surface area contributed by atoms with Gasteiger partial charge in [-0.1, -0.05) is 11.6 Å². The Bertz CT molecular complexity index is 419. The number of anilines is 1. The highest BCUT2D eigenvalue weighted by atomic mass is 35.5. The first-order valence-corrected chi connectivity index (χ1v) is 6.61. The third-order valence-corrected chi connectivity index (χ3v) is 3.06. The molecule has 1 fully saturated rings. The minimum atomic E-state index is 0.165. The van der Waals surface area contributed by atoms with Gasteiger partial charge in [-0.2, -0.15) is 0 Å². The lowest BCUT2D eigenvalue weighted by atomic mass is 10.3. The van der Waals surface area contributed by atoms with Crippen LogP contribution in [0.4, 0.5) is 5.82 Å². The van der Waals surface area contributed by atoms with E-state index in [-0.39, 0.29) is 6.10 Å². The number of nitrogens with one attached hydrogen (secondary N) is 1. The molecule has 6 nitrogen and oxygen atoms in total. The summed E-state index contributed by atoms with van der Waals surface area (Å²) in [5.41, 5.74) is 0. The molecule has 0 radical (unpaired) electrons. The second-order valence-corrected chi connectivity index (χ2v) is 4.95. The molecule has 1 unspecified atom stereocenters. The van der Waals surface area contributed by atoms with E-state index in [0.717, 1.165) is 19.7 Å². The second-order valence-electron chi connectivity index (χ2n) is 4.56. The van der Waals surface area contributed by atoms with Gasteiger partial charge in [0.15, 0.2) is 5.82 Å². The Morgan fingerprint density at radius 2 is 2.42 bits per heavy atom. The van der Waals surface area contributed by atoms with Crippen molar-refractivity contribution in [3.63, 3.8) is 0 Å². The maximum absolute atomic E-state index is 5.94. The monoisotopic (exact) mass is 286 g/mol. The summed E-state index contributed by atoms with van der Waals surface area (Å²) in [6.45, 7) is 3.70. The number of hydrogen-bond donors (Lipinski definition) is 1. The Balaban J connectivity index is 1.91. The zero-order valence-electron chi connectivity index (χ0n) is 11.2. The van der Waals surface area contributed by atoms with Crippen LogP contribution in [0.5, 0.6) is 0 Å². The fraction of sp³-hybridized carbons (Fsp3) is 0.667. The molecule has 1 aromatic rings. The third kappa shape index (κ3) is 4.58. The molecule has 0 bridgehead atoms. The molecule has 1 N–H and O–H groups in total. The minimum Gasteiger partial charge on any atom is -0.377 e. The van der Waals surface area contributed by atoms with Crippen molar-refractivity contribution in [2.45, 2.75) is 12.7 Å². The van der Waals surface area contributed by atoms with Crippen molar-refractivity contribution in [1.82, 2.24) is 14.9 Å². The molecule has 0 aliphatic carbocycles. The van der Waals surface area contributed by atoms with Crippen LogP contribution in [-0.2, 0) is 16.1 Å². The number of morpholine rings is 1. The van der Waals surface area contributed by atoms with Crippen molar-refractivity contribution in [2.24, 2.45) is 0 Å². The van der Waals surface area contributed by atoms with Gasteiger partial charge in [0.05, 0.1) is 12.7 Å². The van der Waals surface area contributed by atoms with Crippen molar-refractivity contribution in [2.75, 3.05) is 45.7 Å². The van der Waals surface area contributed by atoms with Gasteiger partial charge in [-0.25, -0.2) is 9.97 Å². The molecular formula is C12H19ClN4O2. The van der Waals surface area contributed by atoms with Crippen LogP contribution in [0.1, 0.15) is 5.82 Å². The van der Waals surface area contributed by atoms with E-state index < -0.39 is 0 Å². The van der Waals surface area contributed by atoms with Crippen molar-refractivity contribution in [3.8, 4) is 0 Å². The van der Waals surface area contributed by atoms with Crippen LogP contribution in [-0.4, -0.2) is 61.4 Å². The maximum atomic E-state index is 5.94. The van der Waals surface area contributed by atoms with Gasteiger partial charge < -0.3 is 19.7 Å². The van der Waals surface area contributed by atoms with Gasteiger partial charge in [0.25, 0.3) is 0 Å². The second kappa shape index (κ2) is 7.00. The van der Waals surface area contributed by atoms with Gasteiger partial charge in [0.2, 0.25) is 0 Å². The molecule has 106 valence electrons. The smallest absolute Gasteiger partial charge is 0.158 e. The average molecular weight is 287 g/mol. The molecule has 0 spiro atoms. The molecule has 1 aliphatic rings. The Hall–Kier alpha value is -0.950. The van der Waals surface area contributed by atoms with E-state index in [9.17, 15) is 0 Å². The van der Waals surface area contributed by atoms with Crippen LogP contribution >= 0.6 is 11.6 Å². The van der Waals surface area contributed by atoms with E-state index in [2.05, 4.69) is 27.2 Å². The first kappa shape index (κ1) is 14.5. The molecule has 1 atom stereocenters. The maximum Gasteiger partial charge on any atom is 0.158 e. The number of nitrogens with zero attached hydrogens (tertiary/aromatic N) is 3. The molecule has 1 saturated heterocycles. The van der Waals surface area contributed by atoms with Crippen molar-refractivity contribution in [3.05, 3.63) is 17.0 Å². The zero-order valence-corrected chi connectivity index (χ0v) is 12.0. The van der Waals surface area contributed by atoms with Gasteiger partial charge in [-0.3, -0.25) is 0 Å². The molecule has 2 heterocycles. The molecule has 1 aliphatic heterocycles. The van der Waals surface area contributed by atoms with Gasteiger partial charge in [-0.05, 0) is 7.05 Å². The van der Waals surface area contributed by atoms with E-state index in [4.69, 9.17) is 21.1 Å². The number of halogens is 1. The van der Waals surface area contributed by atoms with Crippen LogP contribution < -0.4 is 5.32 Å². The topological polar surface area (TPSA) is 59.5 Å². The highest BCUT2D eigenvalue weighted by Crippen LogP contribution is 2.13. The Morgan fingerprint density at radius 1 is 1.58 bits per heavy atom. The number of likely N-dealkylation sites (N-methyl/N-ethyl adjacent to an activating group) is 1. The fourth-order valence-electron chi connectivity index (χ4n) is 1.96. The Labute approximate surface area is 118 Å². The van der Waals surface area contributed by atoms with E-state index in [1.807, 2.05) is 0 Å². The molecule has 0 amide bonds. The van der Waals surface area contributed by atoms with Crippen molar-refractivity contribution in [1.29, 1.82) is 0 Å². The van der Waals surface area contributed by atoms with E-state index >= 15 is 0 Å². The number of hydrogen-bond acceptors (Lipinski definition) is 6. The normalized spacial score (nSPS) is 20.5. The number of aromatic nitrogens is 2. The largest absolute Gasteiger partial charge is 0.377 e. The lowest BCUT2D eigenvalue weighted by Crippen LogP contribution is -2.43. The van der Waals surface area contributed by atoms with E-state index in [0.29, 0.717) is 29.9 Å². The fourth-order valence-corrected chi connectivity index (χ4v) is 2.16. The first-order chi connectivity index (χ1) is 9.17. The summed E-state index contributed by atoms with van der Waals surface area (Å²) < 4.78 is 10.7. The van der Waals surface area contributed by atoms with Gasteiger partial charge >= 0.3 is 0 Å². The number of methoxy groups -OCH3 is 1. The average Bonchev–Trinajstić information content (AvgIpc) is 2.36. The van der Waals surface area contributed by atoms with Gasteiger partial charge in [0, 0.05) is 32.8 Å². The summed E-state index contributed by atoms with van der Waals surface area (Å²) in [4.78, 5) is 10.7. The lowest BCUT2D eigenvalue weighted by molar-refractivity contribution is -0.0117. The van der Waals surface area contributed by atoms with Crippen molar-refractivity contribution < 1.29 is 9.47 Å². The predicted octanol–water partition coefficient (Wildman–Crippen LogP) is 1.02. The van der Waals surface area contributed by atoms with Crippen molar-refractivity contribution >= 4 is 17.4 Å². The zero-order chi connectivity index (χ0) is 13.7. The predicted molar refractivity (Wildman–Crippen MR) is 73.5 cm³/mol. The number of rotatable bonds is 5. The van der Waals surface area contributed by atoms with Crippen LogP contribution in [0.3, 0.4) is 0 Å². The molecule has 7 heteroatoms. The van der Waals surface area contributed by atoms with E-state index in [1.54, 1.807) is 13.2 Å². The summed E-state index contributed by atoms with van der Waals surface area (Å²) in [6, 6.07) is 1.70. The van der Waals surface area contributed by atoms with Gasteiger partial charge in [-0.15, -0.1) is 0 Å². The molecule has 0 aromatic carbocycles. The molecule has 2 rings (SSSR count). The number of ether oxygens (including phenoxy) is 2. The summed E-state index contributed by atoms with van der Waals surface area (Å²) in [7, 11) is 3.69. The molecule has 1 aromatic heterocycles.